The summed E-state index contributed by atoms with van der Waals surface area (Å²) >= 11 is 0. The standard InChI is InChI=1S/C23H31F15N2O/c1-4-5-6-7-8-9-10-11-12-15(41)39-14-40(2,3)13-16(24)18(26,27)20(30,31)17(25,21(32,33)19(16,28)29)22(34,35)23(36,37)38/h4-14H2,1-3H3/p+1. The van der Waals surface area contributed by atoms with Gasteiger partial charge in [-0.15, -0.1) is 0 Å². The summed E-state index contributed by atoms with van der Waals surface area (Å²) in [5, 5.41) is 1.96. The van der Waals surface area contributed by atoms with Crippen molar-refractivity contribution in [2.24, 2.45) is 0 Å². The molecule has 244 valence electrons. The van der Waals surface area contributed by atoms with E-state index in [1.807, 2.05) is 12.2 Å². The molecule has 0 bridgehead atoms. The van der Waals surface area contributed by atoms with Gasteiger partial charge in [0, 0.05) is 6.42 Å². The number of hydrogen-bond donors (Lipinski definition) is 1. The molecule has 0 radical (unpaired) electrons. The first-order chi connectivity index (χ1) is 18.2. The van der Waals surface area contributed by atoms with Crippen LogP contribution in [0.15, 0.2) is 0 Å². The fraction of sp³-hybridized carbons (Fsp3) is 0.957. The second-order valence-corrected chi connectivity index (χ2v) is 10.9. The number of halogens is 15. The predicted molar refractivity (Wildman–Crippen MR) is 116 cm³/mol. The maximum Gasteiger partial charge on any atom is 0.457 e. The van der Waals surface area contributed by atoms with E-state index < -0.39 is 70.7 Å². The SMILES string of the molecule is CCCCCCCCCCC(=O)NC[N+](C)(C)CC1(F)C(F)(F)C(F)(F)C(F)(C(F)(F)C(F)(F)F)C(F)(F)C1(F)F. The van der Waals surface area contributed by atoms with Crippen molar-refractivity contribution >= 4 is 5.91 Å². The molecule has 0 heterocycles. The fourth-order valence-electron chi connectivity index (χ4n) is 4.57. The minimum absolute atomic E-state index is 0.213. The molecule has 0 saturated heterocycles. The van der Waals surface area contributed by atoms with Crippen LogP contribution in [0.1, 0.15) is 64.7 Å². The van der Waals surface area contributed by atoms with Gasteiger partial charge in [0.15, 0.2) is 6.67 Å². The van der Waals surface area contributed by atoms with Gasteiger partial charge in [0.2, 0.25) is 5.91 Å². The molecule has 18 heteroatoms. The van der Waals surface area contributed by atoms with E-state index in [1.54, 1.807) is 0 Å². The molecular weight excluding hydrogens is 605 g/mol. The molecule has 3 nitrogen and oxygen atoms in total. The third-order valence-electron chi connectivity index (χ3n) is 7.05. The van der Waals surface area contributed by atoms with Crippen molar-refractivity contribution in [2.45, 2.75) is 112 Å². The van der Waals surface area contributed by atoms with Crippen LogP contribution in [-0.4, -0.2) is 84.8 Å². The Bertz CT molecular complexity index is 874. The van der Waals surface area contributed by atoms with Crippen molar-refractivity contribution in [3.8, 4) is 0 Å². The van der Waals surface area contributed by atoms with E-state index in [-0.39, 0.29) is 6.42 Å². The fourth-order valence-corrected chi connectivity index (χ4v) is 4.57. The Kier molecular flexibility index (Phi) is 10.8. The number of nitrogens with one attached hydrogen (secondary N) is 1. The topological polar surface area (TPSA) is 29.1 Å². The van der Waals surface area contributed by atoms with Gasteiger partial charge in [0.1, 0.15) is 6.54 Å². The summed E-state index contributed by atoms with van der Waals surface area (Å²) in [5.74, 6) is -40.2. The van der Waals surface area contributed by atoms with Gasteiger partial charge in [-0.3, -0.25) is 4.79 Å². The molecule has 0 aliphatic heterocycles. The molecule has 1 saturated carbocycles. The third kappa shape index (κ3) is 5.95. The highest BCUT2D eigenvalue weighted by atomic mass is 19.4. The van der Waals surface area contributed by atoms with Crippen molar-refractivity contribution in [3.63, 3.8) is 0 Å². The number of rotatable bonds is 14. The molecule has 1 N–H and O–H groups in total. The number of unbranched alkanes of at least 4 members (excludes halogenated alkanes) is 7. The van der Waals surface area contributed by atoms with Gasteiger partial charge in [-0.2, -0.15) is 57.1 Å². The maximum absolute atomic E-state index is 15.3. The van der Waals surface area contributed by atoms with Crippen molar-refractivity contribution < 1.29 is 75.1 Å². The quantitative estimate of drug-likeness (QED) is 0.0895. The number of quaternary nitrogens is 1. The minimum atomic E-state index is -8.31. The van der Waals surface area contributed by atoms with Gasteiger partial charge in [-0.25, -0.2) is 8.78 Å². The number of carbonyl (C=O) groups is 1. The smallest absolute Gasteiger partial charge is 0.309 e. The van der Waals surface area contributed by atoms with E-state index >= 15 is 4.39 Å². The number of nitrogens with zero attached hydrogens (tertiary/aromatic N) is 1. The molecule has 0 aromatic rings. The van der Waals surface area contributed by atoms with Crippen molar-refractivity contribution in [1.29, 1.82) is 0 Å². The van der Waals surface area contributed by atoms with Crippen LogP contribution in [0.2, 0.25) is 0 Å². The number of amides is 1. The lowest BCUT2D eigenvalue weighted by atomic mass is 9.64. The molecule has 1 aliphatic carbocycles. The Morgan fingerprint density at radius 2 is 1.05 bits per heavy atom. The largest absolute Gasteiger partial charge is 0.457 e. The van der Waals surface area contributed by atoms with Crippen LogP contribution in [-0.2, 0) is 4.79 Å². The number of hydrogen-bond acceptors (Lipinski definition) is 1. The first-order valence-electron chi connectivity index (χ1n) is 12.6. The normalized spacial score (nSPS) is 27.5. The van der Waals surface area contributed by atoms with E-state index in [9.17, 15) is 66.3 Å². The highest BCUT2D eigenvalue weighted by Gasteiger charge is 3.06. The monoisotopic (exact) mass is 637 g/mol. The van der Waals surface area contributed by atoms with Gasteiger partial charge < -0.3 is 9.80 Å². The zero-order valence-corrected chi connectivity index (χ0v) is 22.3. The van der Waals surface area contributed by atoms with Crippen molar-refractivity contribution in [3.05, 3.63) is 0 Å². The van der Waals surface area contributed by atoms with Crippen LogP contribution in [0.3, 0.4) is 0 Å². The molecule has 1 fully saturated rings. The average Bonchev–Trinajstić information content (AvgIpc) is 2.81. The molecule has 0 aromatic carbocycles. The summed E-state index contributed by atoms with van der Waals surface area (Å²) in [4.78, 5) is 12.0. The van der Waals surface area contributed by atoms with Gasteiger partial charge in [0.05, 0.1) is 14.1 Å². The van der Waals surface area contributed by atoms with Gasteiger partial charge in [-0.05, 0) is 6.42 Å². The summed E-state index contributed by atoms with van der Waals surface area (Å²) in [7, 11) is 1.00. The maximum atomic E-state index is 15.3. The second kappa shape index (κ2) is 11.8. The molecule has 41 heavy (non-hydrogen) atoms. The lowest BCUT2D eigenvalue weighted by Crippen LogP contribution is -2.90. The van der Waals surface area contributed by atoms with E-state index in [4.69, 9.17) is 0 Å². The van der Waals surface area contributed by atoms with E-state index in [1.165, 1.54) is 0 Å². The lowest BCUT2D eigenvalue weighted by Gasteiger charge is -2.57. The lowest BCUT2D eigenvalue weighted by molar-refractivity contribution is -0.901. The first kappa shape index (κ1) is 37.4. The molecule has 1 amide bonds. The highest BCUT2D eigenvalue weighted by Crippen LogP contribution is 2.73. The summed E-state index contributed by atoms with van der Waals surface area (Å²) in [5.41, 5.74) is -14.9. The van der Waals surface area contributed by atoms with Crippen LogP contribution in [0.5, 0.6) is 0 Å². The average molecular weight is 637 g/mol. The third-order valence-corrected chi connectivity index (χ3v) is 7.05. The van der Waals surface area contributed by atoms with Crippen LogP contribution in [0.25, 0.3) is 0 Å². The molecular formula is C23H32F15N2O+. The van der Waals surface area contributed by atoms with Gasteiger partial charge in [0.25, 0.3) is 5.67 Å². The molecule has 0 atom stereocenters. The van der Waals surface area contributed by atoms with Crippen LogP contribution < -0.4 is 5.32 Å². The molecule has 0 aromatic heterocycles. The Hall–Kier alpha value is -1.62. The first-order valence-corrected chi connectivity index (χ1v) is 12.6. The Morgan fingerprint density at radius 1 is 0.659 bits per heavy atom. The molecule has 1 aliphatic rings. The Labute approximate surface area is 226 Å². The zero-order valence-electron chi connectivity index (χ0n) is 22.3. The summed E-state index contributed by atoms with van der Waals surface area (Å²) in [6, 6.07) is 0. The molecule has 0 unspecified atom stereocenters. The van der Waals surface area contributed by atoms with Crippen LogP contribution >= 0.6 is 0 Å². The van der Waals surface area contributed by atoms with E-state index in [0.29, 0.717) is 26.9 Å². The van der Waals surface area contributed by atoms with Crippen molar-refractivity contribution in [1.82, 2.24) is 5.32 Å². The van der Waals surface area contributed by atoms with E-state index in [2.05, 4.69) is 0 Å². The van der Waals surface area contributed by atoms with Crippen molar-refractivity contribution in [2.75, 3.05) is 27.3 Å². The van der Waals surface area contributed by atoms with Gasteiger partial charge >= 0.3 is 41.5 Å². The number of alkyl halides is 15. The summed E-state index contributed by atoms with van der Waals surface area (Å²) in [6.45, 7) is -1.91. The Morgan fingerprint density at radius 3 is 1.44 bits per heavy atom. The molecule has 1 rings (SSSR count). The summed E-state index contributed by atoms with van der Waals surface area (Å²) < 4.78 is 209. The highest BCUT2D eigenvalue weighted by molar-refractivity contribution is 5.75. The summed E-state index contributed by atoms with van der Waals surface area (Å²) in [6.07, 6.45) is -1.46. The molecule has 0 spiro atoms. The minimum Gasteiger partial charge on any atom is -0.309 e. The second-order valence-electron chi connectivity index (χ2n) is 10.9. The van der Waals surface area contributed by atoms with Crippen LogP contribution in [0, 0.1) is 0 Å². The predicted octanol–water partition coefficient (Wildman–Crippen LogP) is 7.84. The van der Waals surface area contributed by atoms with E-state index in [0.717, 1.165) is 38.5 Å². The van der Waals surface area contributed by atoms with Gasteiger partial charge in [-0.1, -0.05) is 51.9 Å². The number of carbonyl (C=O) groups excluding carboxylic acids is 1. The zero-order chi connectivity index (χ0) is 32.6. The van der Waals surface area contributed by atoms with Crippen LogP contribution in [0.4, 0.5) is 65.9 Å². The Balaban J connectivity index is 3.18.